The molecule has 1 heterocycles. The maximum atomic E-state index is 6.25. The van der Waals surface area contributed by atoms with Gasteiger partial charge in [0, 0.05) is 19.1 Å². The fourth-order valence-corrected chi connectivity index (χ4v) is 3.14. The van der Waals surface area contributed by atoms with Crippen molar-refractivity contribution in [3.05, 3.63) is 32.8 Å². The van der Waals surface area contributed by atoms with E-state index in [1.807, 2.05) is 6.07 Å². The van der Waals surface area contributed by atoms with Gasteiger partial charge in [0.05, 0.1) is 28.3 Å². The molecule has 21 heavy (non-hydrogen) atoms. The van der Waals surface area contributed by atoms with E-state index in [1.54, 1.807) is 6.07 Å². The predicted octanol–water partition coefficient (Wildman–Crippen LogP) is 4.02. The Bertz CT molecular complexity index is 464. The Balaban J connectivity index is 1.76. The van der Waals surface area contributed by atoms with E-state index in [-0.39, 0.29) is 6.04 Å². The molecule has 0 spiro atoms. The lowest BCUT2D eigenvalue weighted by Gasteiger charge is -2.26. The Kier molecular flexibility index (Phi) is 7.06. The quantitative estimate of drug-likeness (QED) is 0.619. The summed E-state index contributed by atoms with van der Waals surface area (Å²) in [5, 5.41) is 4.94. The van der Waals surface area contributed by atoms with E-state index in [2.05, 4.69) is 17.1 Å². The Labute approximate surface area is 141 Å². The minimum absolute atomic E-state index is 0.150. The van der Waals surface area contributed by atoms with Crippen LogP contribution in [0.2, 0.25) is 15.1 Å². The molecule has 1 unspecified atom stereocenters. The number of ether oxygens (including phenoxy) is 1. The SMILES string of the molecule is CC(NCCCN1CCOCC1)c1ccc(Cl)c(Cl)c1Cl. The first-order valence-electron chi connectivity index (χ1n) is 7.26. The summed E-state index contributed by atoms with van der Waals surface area (Å²) in [6, 6.07) is 3.87. The lowest BCUT2D eigenvalue weighted by atomic mass is 10.1. The molecule has 1 aliphatic heterocycles. The topological polar surface area (TPSA) is 24.5 Å². The van der Waals surface area contributed by atoms with Gasteiger partial charge < -0.3 is 10.1 Å². The van der Waals surface area contributed by atoms with Gasteiger partial charge in [0.15, 0.2) is 0 Å². The zero-order chi connectivity index (χ0) is 15.2. The Hall–Kier alpha value is -0.0300. The fraction of sp³-hybridized carbons (Fsp3) is 0.600. The molecule has 1 aromatic rings. The molecule has 2 rings (SSSR count). The van der Waals surface area contributed by atoms with Gasteiger partial charge in [-0.15, -0.1) is 0 Å². The number of morpholine rings is 1. The van der Waals surface area contributed by atoms with E-state index >= 15 is 0 Å². The molecule has 3 nitrogen and oxygen atoms in total. The van der Waals surface area contributed by atoms with Crippen LogP contribution in [0.15, 0.2) is 12.1 Å². The summed E-state index contributed by atoms with van der Waals surface area (Å²) in [5.41, 5.74) is 0.984. The predicted molar refractivity (Wildman–Crippen MR) is 89.8 cm³/mol. The summed E-state index contributed by atoms with van der Waals surface area (Å²) in [7, 11) is 0. The van der Waals surface area contributed by atoms with Gasteiger partial charge in [0.1, 0.15) is 0 Å². The Morgan fingerprint density at radius 2 is 1.90 bits per heavy atom. The van der Waals surface area contributed by atoms with Crippen LogP contribution in [0.4, 0.5) is 0 Å². The molecule has 0 saturated carbocycles. The molecule has 0 bridgehead atoms. The first kappa shape index (κ1) is 17.3. The van der Waals surface area contributed by atoms with Gasteiger partial charge in [-0.1, -0.05) is 40.9 Å². The second-order valence-electron chi connectivity index (χ2n) is 5.25. The molecule has 1 N–H and O–H groups in total. The van der Waals surface area contributed by atoms with Gasteiger partial charge in [0.2, 0.25) is 0 Å². The lowest BCUT2D eigenvalue weighted by Crippen LogP contribution is -2.37. The van der Waals surface area contributed by atoms with Crippen LogP contribution in [-0.4, -0.2) is 44.3 Å². The van der Waals surface area contributed by atoms with E-state index in [0.717, 1.165) is 51.4 Å². The third kappa shape index (κ3) is 4.98. The highest BCUT2D eigenvalue weighted by atomic mass is 35.5. The summed E-state index contributed by atoms with van der Waals surface area (Å²) in [5.74, 6) is 0. The fourth-order valence-electron chi connectivity index (χ4n) is 2.43. The minimum atomic E-state index is 0.150. The van der Waals surface area contributed by atoms with Gasteiger partial charge in [0.25, 0.3) is 0 Å². The van der Waals surface area contributed by atoms with E-state index in [4.69, 9.17) is 39.5 Å². The molecule has 1 atom stereocenters. The molecule has 1 saturated heterocycles. The number of nitrogens with zero attached hydrogens (tertiary/aromatic N) is 1. The largest absolute Gasteiger partial charge is 0.379 e. The van der Waals surface area contributed by atoms with Crippen LogP contribution in [-0.2, 0) is 4.74 Å². The minimum Gasteiger partial charge on any atom is -0.379 e. The molecule has 0 aliphatic carbocycles. The standard InChI is InChI=1S/C15H21Cl3N2O/c1-11(12-3-4-13(16)15(18)14(12)17)19-5-2-6-20-7-9-21-10-8-20/h3-4,11,19H,2,5-10H2,1H3. The normalized spacial score (nSPS) is 17.9. The lowest BCUT2D eigenvalue weighted by molar-refractivity contribution is 0.0374. The third-order valence-electron chi connectivity index (χ3n) is 3.74. The van der Waals surface area contributed by atoms with Gasteiger partial charge in [-0.05, 0) is 38.1 Å². The van der Waals surface area contributed by atoms with Crippen LogP contribution in [0.5, 0.6) is 0 Å². The van der Waals surface area contributed by atoms with Crippen molar-refractivity contribution < 1.29 is 4.74 Å². The van der Waals surface area contributed by atoms with Crippen molar-refractivity contribution >= 4 is 34.8 Å². The number of nitrogens with one attached hydrogen (secondary N) is 1. The van der Waals surface area contributed by atoms with Gasteiger partial charge in [-0.3, -0.25) is 4.90 Å². The number of benzene rings is 1. The Morgan fingerprint density at radius 3 is 2.62 bits per heavy atom. The van der Waals surface area contributed by atoms with E-state index < -0.39 is 0 Å². The van der Waals surface area contributed by atoms with Gasteiger partial charge in [-0.2, -0.15) is 0 Å². The van der Waals surface area contributed by atoms with Crippen LogP contribution < -0.4 is 5.32 Å². The average molecular weight is 352 g/mol. The second kappa shape index (κ2) is 8.56. The molecule has 0 aromatic heterocycles. The van der Waals surface area contributed by atoms with Crippen molar-refractivity contribution in [2.45, 2.75) is 19.4 Å². The van der Waals surface area contributed by atoms with Gasteiger partial charge in [-0.25, -0.2) is 0 Å². The molecule has 0 radical (unpaired) electrons. The maximum Gasteiger partial charge on any atom is 0.0781 e. The highest BCUT2D eigenvalue weighted by molar-refractivity contribution is 6.48. The second-order valence-corrected chi connectivity index (χ2v) is 6.41. The van der Waals surface area contributed by atoms with Crippen LogP contribution in [0, 0.1) is 0 Å². The molecule has 1 aromatic carbocycles. The molecule has 1 fully saturated rings. The Morgan fingerprint density at radius 1 is 1.19 bits per heavy atom. The highest BCUT2D eigenvalue weighted by Gasteiger charge is 2.14. The van der Waals surface area contributed by atoms with Crippen LogP contribution in [0.25, 0.3) is 0 Å². The van der Waals surface area contributed by atoms with Crippen molar-refractivity contribution in [2.75, 3.05) is 39.4 Å². The van der Waals surface area contributed by atoms with Gasteiger partial charge >= 0.3 is 0 Å². The molecule has 6 heteroatoms. The van der Waals surface area contributed by atoms with Crippen LogP contribution in [0.1, 0.15) is 24.9 Å². The van der Waals surface area contributed by atoms with Crippen molar-refractivity contribution in [2.24, 2.45) is 0 Å². The zero-order valence-corrected chi connectivity index (χ0v) is 14.4. The zero-order valence-electron chi connectivity index (χ0n) is 12.2. The highest BCUT2D eigenvalue weighted by Crippen LogP contribution is 2.35. The summed E-state index contributed by atoms with van der Waals surface area (Å²) in [6.45, 7) is 7.89. The van der Waals surface area contributed by atoms with E-state index in [0.29, 0.717) is 15.1 Å². The average Bonchev–Trinajstić information content (AvgIpc) is 2.50. The number of rotatable bonds is 6. The third-order valence-corrected chi connectivity index (χ3v) is 5.05. The molecule has 118 valence electrons. The van der Waals surface area contributed by atoms with E-state index in [1.165, 1.54) is 0 Å². The summed E-state index contributed by atoms with van der Waals surface area (Å²) in [6.07, 6.45) is 1.10. The number of hydrogen-bond donors (Lipinski definition) is 1. The molecular weight excluding hydrogens is 331 g/mol. The molecular formula is C15H21Cl3N2O. The first-order chi connectivity index (χ1) is 10.1. The van der Waals surface area contributed by atoms with Crippen LogP contribution >= 0.6 is 34.8 Å². The number of hydrogen-bond acceptors (Lipinski definition) is 3. The van der Waals surface area contributed by atoms with Crippen molar-refractivity contribution in [3.63, 3.8) is 0 Å². The molecule has 0 amide bonds. The van der Waals surface area contributed by atoms with Crippen molar-refractivity contribution in [1.29, 1.82) is 0 Å². The summed E-state index contributed by atoms with van der Waals surface area (Å²) >= 11 is 18.3. The van der Waals surface area contributed by atoms with E-state index in [9.17, 15) is 0 Å². The monoisotopic (exact) mass is 350 g/mol. The van der Waals surface area contributed by atoms with Crippen LogP contribution in [0.3, 0.4) is 0 Å². The summed E-state index contributed by atoms with van der Waals surface area (Å²) in [4.78, 5) is 2.43. The maximum absolute atomic E-state index is 6.25. The molecule has 1 aliphatic rings. The smallest absolute Gasteiger partial charge is 0.0781 e. The summed E-state index contributed by atoms with van der Waals surface area (Å²) < 4.78 is 5.34. The van der Waals surface area contributed by atoms with Crippen molar-refractivity contribution in [3.8, 4) is 0 Å². The first-order valence-corrected chi connectivity index (χ1v) is 8.40. The van der Waals surface area contributed by atoms with Crippen molar-refractivity contribution in [1.82, 2.24) is 10.2 Å². The number of halogens is 3.